The molecule has 1 aliphatic carbocycles. The van der Waals surface area contributed by atoms with Crippen LogP contribution in [0.25, 0.3) is 6.08 Å². The van der Waals surface area contributed by atoms with Crippen molar-refractivity contribution < 1.29 is 17.9 Å². The summed E-state index contributed by atoms with van der Waals surface area (Å²) in [6, 6.07) is 3.74. The molecule has 1 saturated heterocycles. The van der Waals surface area contributed by atoms with Crippen molar-refractivity contribution in [2.24, 2.45) is 0 Å². The largest absolute Gasteiger partial charge is 0.379 e. The van der Waals surface area contributed by atoms with Crippen LogP contribution in [0, 0.1) is 0 Å². The zero-order valence-corrected chi connectivity index (χ0v) is 22.5. The molecular formula is C27H44N4O4S. The molecule has 2 aliphatic rings. The zero-order valence-electron chi connectivity index (χ0n) is 21.6. The van der Waals surface area contributed by atoms with E-state index in [1.165, 1.54) is 12.5 Å². The Bertz CT molecular complexity index is 858. The van der Waals surface area contributed by atoms with Gasteiger partial charge in [-0.25, -0.2) is 8.42 Å². The van der Waals surface area contributed by atoms with Crippen molar-refractivity contribution in [1.29, 1.82) is 0 Å². The predicted molar refractivity (Wildman–Crippen MR) is 144 cm³/mol. The van der Waals surface area contributed by atoms with Crippen LogP contribution < -0.4 is 5.32 Å². The molecule has 1 N–H and O–H groups in total. The van der Waals surface area contributed by atoms with Gasteiger partial charge in [0.2, 0.25) is 16.8 Å². The Balaban J connectivity index is 1.36. The van der Waals surface area contributed by atoms with E-state index in [-0.39, 0.29) is 11.4 Å². The molecule has 3 rings (SSSR count). The fourth-order valence-corrected chi connectivity index (χ4v) is 6.40. The number of nitrogens with one attached hydrogen (secondary N) is 1. The van der Waals surface area contributed by atoms with E-state index in [0.29, 0.717) is 13.1 Å². The summed E-state index contributed by atoms with van der Waals surface area (Å²) in [4.78, 5) is 18.4. The number of nitrogens with zero attached hydrogens (tertiary/aromatic N) is 3. The molecule has 1 aliphatic heterocycles. The lowest BCUT2D eigenvalue weighted by atomic mass is 9.78. The number of amides is 1. The molecule has 9 heteroatoms. The van der Waals surface area contributed by atoms with E-state index in [1.54, 1.807) is 18.5 Å². The number of unbranched alkanes of at least 4 members (excludes halogenated alkanes) is 3. The molecule has 8 nitrogen and oxygen atoms in total. The molecule has 0 bridgehead atoms. The summed E-state index contributed by atoms with van der Waals surface area (Å²) in [6.45, 7) is 5.82. The second-order valence-electron chi connectivity index (χ2n) is 10.0. The molecule has 2 fully saturated rings. The summed E-state index contributed by atoms with van der Waals surface area (Å²) in [7, 11) is -2.60. The second-order valence-corrected chi connectivity index (χ2v) is 11.0. The summed E-state index contributed by atoms with van der Waals surface area (Å²) in [5.41, 5.74) is 0.694. The maximum atomic E-state index is 12.4. The van der Waals surface area contributed by atoms with E-state index in [0.717, 1.165) is 103 Å². The first-order valence-corrected chi connectivity index (χ1v) is 14.8. The first kappa shape index (κ1) is 28.8. The maximum Gasteiger partial charge on any atom is 0.243 e. The van der Waals surface area contributed by atoms with Crippen LogP contribution in [0.4, 0.5) is 0 Å². The van der Waals surface area contributed by atoms with Gasteiger partial charge >= 0.3 is 0 Å². The fourth-order valence-electron chi connectivity index (χ4n) is 5.45. The molecule has 0 aromatic carbocycles. The molecule has 0 radical (unpaired) electrons. The summed E-state index contributed by atoms with van der Waals surface area (Å²) < 4.78 is 32.0. The van der Waals surface area contributed by atoms with Gasteiger partial charge in [-0.15, -0.1) is 0 Å². The molecule has 36 heavy (non-hydrogen) atoms. The third-order valence-corrected chi connectivity index (χ3v) is 8.48. The number of hydrogen-bond donors (Lipinski definition) is 2. The van der Waals surface area contributed by atoms with E-state index < -0.39 is 10.9 Å². The number of rotatable bonds is 15. The number of carbonyl (C=O) groups excluding carboxylic acids is 1. The average molecular weight is 521 g/mol. The van der Waals surface area contributed by atoms with Crippen molar-refractivity contribution >= 4 is 22.9 Å². The number of pyridine rings is 1. The normalized spacial score (nSPS) is 18.7. The highest BCUT2D eigenvalue weighted by atomic mass is 32.2. The molecule has 1 aromatic heterocycles. The van der Waals surface area contributed by atoms with Gasteiger partial charge in [0.05, 0.1) is 13.2 Å². The summed E-state index contributed by atoms with van der Waals surface area (Å²) in [5.74, 6) is -0.107. The molecule has 1 aromatic rings. The van der Waals surface area contributed by atoms with Crippen LogP contribution in [0.5, 0.6) is 0 Å². The van der Waals surface area contributed by atoms with Gasteiger partial charge in [0.15, 0.2) is 0 Å². The lowest BCUT2D eigenvalue weighted by Gasteiger charge is -2.44. The predicted octanol–water partition coefficient (Wildman–Crippen LogP) is 3.42. The third-order valence-electron chi connectivity index (χ3n) is 7.46. The highest BCUT2D eigenvalue weighted by Crippen LogP contribution is 2.38. The Kier molecular flexibility index (Phi) is 12.9. The Labute approximate surface area is 218 Å². The second kappa shape index (κ2) is 16.1. The molecule has 1 amide bonds. The summed E-state index contributed by atoms with van der Waals surface area (Å²) in [6.07, 6.45) is 17.8. The Morgan fingerprint density at radius 1 is 1.11 bits per heavy atom. The van der Waals surface area contributed by atoms with Gasteiger partial charge in [0, 0.05) is 50.2 Å². The van der Waals surface area contributed by atoms with Gasteiger partial charge in [0.25, 0.3) is 0 Å². The van der Waals surface area contributed by atoms with Crippen LogP contribution in [-0.2, 0) is 20.4 Å². The standard InChI is InChI=1S/C27H44N4O4S/c32-26(12-11-25-10-8-16-28-24-25)29-17-6-1-2-7-19-31(36(33)34)27(13-4-3-5-14-27)15-9-18-30-20-22-35-23-21-30/h8,10-12,16,24,36H,1-7,9,13-15,17-23H2,(H,29,32)/b12-11+. The molecule has 2 heterocycles. The van der Waals surface area contributed by atoms with Crippen molar-refractivity contribution in [2.45, 2.75) is 76.2 Å². The lowest BCUT2D eigenvalue weighted by molar-refractivity contribution is -0.116. The minimum atomic E-state index is -2.60. The highest BCUT2D eigenvalue weighted by Gasteiger charge is 2.39. The topological polar surface area (TPSA) is 91.8 Å². The first-order valence-electron chi connectivity index (χ1n) is 13.7. The quantitative estimate of drug-likeness (QED) is 0.209. The summed E-state index contributed by atoms with van der Waals surface area (Å²) in [5, 5.41) is 2.91. The Morgan fingerprint density at radius 3 is 2.61 bits per heavy atom. The van der Waals surface area contributed by atoms with Crippen molar-refractivity contribution in [3.05, 3.63) is 36.2 Å². The van der Waals surface area contributed by atoms with E-state index in [4.69, 9.17) is 4.74 Å². The first-order chi connectivity index (χ1) is 17.6. The van der Waals surface area contributed by atoms with E-state index in [1.807, 2.05) is 16.4 Å². The number of thiol groups is 1. The number of morpholine rings is 1. The minimum Gasteiger partial charge on any atom is -0.379 e. The molecule has 202 valence electrons. The molecule has 0 spiro atoms. The van der Waals surface area contributed by atoms with Crippen LogP contribution in [0.15, 0.2) is 30.6 Å². The van der Waals surface area contributed by atoms with E-state index in [9.17, 15) is 13.2 Å². The van der Waals surface area contributed by atoms with Gasteiger partial charge < -0.3 is 10.1 Å². The van der Waals surface area contributed by atoms with Crippen LogP contribution >= 0.6 is 0 Å². The van der Waals surface area contributed by atoms with Crippen molar-refractivity contribution in [1.82, 2.24) is 19.5 Å². The van der Waals surface area contributed by atoms with E-state index in [2.05, 4.69) is 15.2 Å². The van der Waals surface area contributed by atoms with Crippen molar-refractivity contribution in [3.8, 4) is 0 Å². The Morgan fingerprint density at radius 2 is 1.89 bits per heavy atom. The smallest absolute Gasteiger partial charge is 0.243 e. The highest BCUT2D eigenvalue weighted by molar-refractivity contribution is 7.69. The van der Waals surface area contributed by atoms with Crippen molar-refractivity contribution in [3.63, 3.8) is 0 Å². The summed E-state index contributed by atoms with van der Waals surface area (Å²) >= 11 is 0. The molecule has 1 saturated carbocycles. The number of aromatic nitrogens is 1. The number of carbonyl (C=O) groups is 1. The number of ether oxygens (including phenoxy) is 1. The fraction of sp³-hybridized carbons (Fsp3) is 0.704. The SMILES string of the molecule is O=C(/C=C/c1cccnc1)NCCCCCCN([SH](=O)=O)C1(CCCN2CCOCC2)CCCCC1. The molecule has 0 atom stereocenters. The Hall–Kier alpha value is -1.81. The van der Waals surface area contributed by atoms with Gasteiger partial charge in [-0.3, -0.25) is 14.7 Å². The van der Waals surface area contributed by atoms with Crippen LogP contribution in [0.1, 0.15) is 76.2 Å². The van der Waals surface area contributed by atoms with Gasteiger partial charge in [-0.1, -0.05) is 38.2 Å². The van der Waals surface area contributed by atoms with Crippen LogP contribution in [0.3, 0.4) is 0 Å². The molecular weight excluding hydrogens is 476 g/mol. The zero-order chi connectivity index (χ0) is 25.5. The average Bonchev–Trinajstić information content (AvgIpc) is 2.90. The van der Waals surface area contributed by atoms with E-state index >= 15 is 0 Å². The van der Waals surface area contributed by atoms with Gasteiger partial charge in [-0.05, 0) is 62.8 Å². The maximum absolute atomic E-state index is 12.4. The monoisotopic (exact) mass is 520 g/mol. The lowest BCUT2D eigenvalue weighted by Crippen LogP contribution is -2.50. The van der Waals surface area contributed by atoms with Crippen LogP contribution in [0.2, 0.25) is 0 Å². The molecule has 0 unspecified atom stereocenters. The van der Waals surface area contributed by atoms with Gasteiger partial charge in [0.1, 0.15) is 0 Å². The third kappa shape index (κ3) is 9.92. The van der Waals surface area contributed by atoms with Gasteiger partial charge in [-0.2, -0.15) is 4.31 Å². The van der Waals surface area contributed by atoms with Crippen LogP contribution in [-0.4, -0.2) is 80.0 Å². The number of hydrogen-bond acceptors (Lipinski definition) is 6. The van der Waals surface area contributed by atoms with Crippen molar-refractivity contribution in [2.75, 3.05) is 45.9 Å². The minimum absolute atomic E-state index is 0.107.